The molecule has 2 heterocycles. The molecule has 0 saturated carbocycles. The summed E-state index contributed by atoms with van der Waals surface area (Å²) in [5, 5.41) is 8.32. The Morgan fingerprint density at radius 2 is 1.76 bits per heavy atom. The number of ether oxygens (including phenoxy) is 1. The van der Waals surface area contributed by atoms with E-state index in [-0.39, 0.29) is 5.97 Å². The molecule has 0 bridgehead atoms. The van der Waals surface area contributed by atoms with Crippen LogP contribution in [-0.4, -0.2) is 22.5 Å². The zero-order valence-corrected chi connectivity index (χ0v) is 12.3. The van der Waals surface area contributed by atoms with Gasteiger partial charge >= 0.3 is 5.97 Å². The highest BCUT2D eigenvalue weighted by Crippen LogP contribution is 2.00. The lowest BCUT2D eigenvalue weighted by Gasteiger charge is -1.99. The van der Waals surface area contributed by atoms with Crippen molar-refractivity contribution in [3.05, 3.63) is 59.2 Å². The summed E-state index contributed by atoms with van der Waals surface area (Å²) in [6.07, 6.45) is 3.32. The third-order valence-electron chi connectivity index (χ3n) is 2.42. The molecule has 5 heteroatoms. The smallest absolute Gasteiger partial charge is 0.356 e. The van der Waals surface area contributed by atoms with Crippen LogP contribution in [0.15, 0.2) is 36.7 Å². The Balaban J connectivity index is 0.000000219. The number of pyridine rings is 2. The average Bonchev–Trinajstić information content (AvgIpc) is 2.50. The Labute approximate surface area is 124 Å². The molecule has 0 aliphatic heterocycles. The van der Waals surface area contributed by atoms with Gasteiger partial charge in [0.1, 0.15) is 17.5 Å². The van der Waals surface area contributed by atoms with Crippen LogP contribution in [0.1, 0.15) is 34.2 Å². The number of nitriles is 1. The maximum atomic E-state index is 11.1. The van der Waals surface area contributed by atoms with Crippen molar-refractivity contribution in [2.75, 3.05) is 6.61 Å². The van der Waals surface area contributed by atoms with Crippen LogP contribution in [0.4, 0.5) is 0 Å². The molecule has 5 nitrogen and oxygen atoms in total. The molecular weight excluding hydrogens is 266 g/mol. The molecule has 108 valence electrons. The van der Waals surface area contributed by atoms with E-state index in [1.54, 1.807) is 31.5 Å². The summed E-state index contributed by atoms with van der Waals surface area (Å²) in [6, 6.07) is 9.01. The minimum atomic E-state index is -0.363. The summed E-state index contributed by atoms with van der Waals surface area (Å²) in [5.74, 6) is -0.363. The molecule has 0 saturated heterocycles. The lowest BCUT2D eigenvalue weighted by Crippen LogP contribution is -2.06. The van der Waals surface area contributed by atoms with Gasteiger partial charge in [-0.3, -0.25) is 0 Å². The molecule has 0 N–H and O–H groups in total. The molecular formula is C16H17N3O2. The number of nitrogens with zero attached hydrogens (tertiary/aromatic N) is 3. The van der Waals surface area contributed by atoms with Crippen LogP contribution in [-0.2, 0) is 4.74 Å². The first-order chi connectivity index (χ1) is 10.1. The maximum absolute atomic E-state index is 11.1. The van der Waals surface area contributed by atoms with Crippen LogP contribution in [0.3, 0.4) is 0 Å². The fourth-order valence-corrected chi connectivity index (χ4v) is 1.33. The van der Waals surface area contributed by atoms with Gasteiger partial charge in [-0.2, -0.15) is 5.26 Å². The van der Waals surface area contributed by atoms with E-state index in [0.29, 0.717) is 18.0 Å². The minimum absolute atomic E-state index is 0.363. The number of aromatic nitrogens is 2. The first-order valence-electron chi connectivity index (χ1n) is 6.49. The van der Waals surface area contributed by atoms with E-state index in [9.17, 15) is 4.79 Å². The molecule has 0 unspecified atom stereocenters. The molecule has 0 aliphatic rings. The number of hydrogen-bond acceptors (Lipinski definition) is 5. The van der Waals surface area contributed by atoms with E-state index in [0.717, 1.165) is 11.1 Å². The second kappa shape index (κ2) is 8.43. The monoisotopic (exact) mass is 283 g/mol. The van der Waals surface area contributed by atoms with E-state index in [1.165, 1.54) is 0 Å². The molecule has 2 rings (SSSR count). The Bertz CT molecular complexity index is 613. The molecule has 0 aliphatic carbocycles. The van der Waals surface area contributed by atoms with Gasteiger partial charge in [0.2, 0.25) is 0 Å². The standard InChI is InChI=1S/C9H11NO2.C7H6N2/c1-3-12-9(11)8-5-4-7(2)6-10-8;1-6-2-3-7(4-8)9-5-6/h4-6H,3H2,1-2H3;2-3,5H,1H3. The molecule has 0 radical (unpaired) electrons. The third-order valence-corrected chi connectivity index (χ3v) is 2.42. The van der Waals surface area contributed by atoms with Crippen LogP contribution in [0, 0.1) is 25.2 Å². The highest BCUT2D eigenvalue weighted by Gasteiger charge is 2.05. The number of esters is 1. The van der Waals surface area contributed by atoms with Gasteiger partial charge in [0.05, 0.1) is 6.61 Å². The van der Waals surface area contributed by atoms with E-state index in [4.69, 9.17) is 10.00 Å². The van der Waals surface area contributed by atoms with Crippen LogP contribution in [0.25, 0.3) is 0 Å². The van der Waals surface area contributed by atoms with E-state index < -0.39 is 0 Å². The van der Waals surface area contributed by atoms with Crippen molar-refractivity contribution in [2.24, 2.45) is 0 Å². The lowest BCUT2D eigenvalue weighted by molar-refractivity contribution is 0.0519. The average molecular weight is 283 g/mol. The van der Waals surface area contributed by atoms with E-state index >= 15 is 0 Å². The van der Waals surface area contributed by atoms with E-state index in [2.05, 4.69) is 9.97 Å². The van der Waals surface area contributed by atoms with Crippen molar-refractivity contribution in [1.82, 2.24) is 9.97 Å². The van der Waals surface area contributed by atoms with Crippen molar-refractivity contribution in [1.29, 1.82) is 5.26 Å². The summed E-state index contributed by atoms with van der Waals surface area (Å²) < 4.78 is 4.77. The molecule has 0 spiro atoms. The predicted octanol–water partition coefficient (Wildman–Crippen LogP) is 2.83. The summed E-state index contributed by atoms with van der Waals surface area (Å²) >= 11 is 0. The largest absolute Gasteiger partial charge is 0.461 e. The van der Waals surface area contributed by atoms with Gasteiger partial charge in [-0.15, -0.1) is 0 Å². The molecule has 0 atom stereocenters. The molecule has 0 amide bonds. The Morgan fingerprint density at radius 3 is 2.19 bits per heavy atom. The minimum Gasteiger partial charge on any atom is -0.461 e. The van der Waals surface area contributed by atoms with Crippen molar-refractivity contribution in [2.45, 2.75) is 20.8 Å². The summed E-state index contributed by atoms with van der Waals surface area (Å²) in [6.45, 7) is 6.01. The van der Waals surface area contributed by atoms with Crippen LogP contribution < -0.4 is 0 Å². The zero-order chi connectivity index (χ0) is 15.7. The Morgan fingerprint density at radius 1 is 1.14 bits per heavy atom. The highest BCUT2D eigenvalue weighted by atomic mass is 16.5. The van der Waals surface area contributed by atoms with Gasteiger partial charge in [-0.1, -0.05) is 12.1 Å². The molecule has 2 aromatic heterocycles. The lowest BCUT2D eigenvalue weighted by atomic mass is 10.3. The number of aryl methyl sites for hydroxylation is 2. The Kier molecular flexibility index (Phi) is 6.55. The fourth-order valence-electron chi connectivity index (χ4n) is 1.33. The van der Waals surface area contributed by atoms with Gasteiger partial charge < -0.3 is 4.74 Å². The summed E-state index contributed by atoms with van der Waals surface area (Å²) in [7, 11) is 0. The van der Waals surface area contributed by atoms with Crippen molar-refractivity contribution in [3.8, 4) is 6.07 Å². The van der Waals surface area contributed by atoms with Crippen LogP contribution >= 0.6 is 0 Å². The van der Waals surface area contributed by atoms with E-state index in [1.807, 2.05) is 32.0 Å². The zero-order valence-electron chi connectivity index (χ0n) is 12.3. The fraction of sp³-hybridized carbons (Fsp3) is 0.250. The molecule has 2 aromatic rings. The SMILES string of the molecule is CCOC(=O)c1ccc(C)cn1.Cc1ccc(C#N)nc1. The van der Waals surface area contributed by atoms with Crippen molar-refractivity contribution in [3.63, 3.8) is 0 Å². The van der Waals surface area contributed by atoms with Crippen LogP contribution in [0.5, 0.6) is 0 Å². The third kappa shape index (κ3) is 5.83. The molecule has 21 heavy (non-hydrogen) atoms. The van der Waals surface area contributed by atoms with Crippen molar-refractivity contribution >= 4 is 5.97 Å². The van der Waals surface area contributed by atoms with Crippen LogP contribution in [0.2, 0.25) is 0 Å². The second-order valence-electron chi connectivity index (χ2n) is 4.27. The number of carbonyl (C=O) groups excluding carboxylic acids is 1. The van der Waals surface area contributed by atoms with Gasteiger partial charge in [0.25, 0.3) is 0 Å². The normalized spacial score (nSPS) is 9.05. The predicted molar refractivity (Wildman–Crippen MR) is 78.6 cm³/mol. The topological polar surface area (TPSA) is 75.9 Å². The quantitative estimate of drug-likeness (QED) is 0.792. The summed E-state index contributed by atoms with van der Waals surface area (Å²) in [4.78, 5) is 18.8. The van der Waals surface area contributed by atoms with Gasteiger partial charge in [-0.05, 0) is 44.0 Å². The van der Waals surface area contributed by atoms with Crippen molar-refractivity contribution < 1.29 is 9.53 Å². The van der Waals surface area contributed by atoms with Gasteiger partial charge in [-0.25, -0.2) is 14.8 Å². The number of rotatable bonds is 2. The highest BCUT2D eigenvalue weighted by molar-refractivity contribution is 5.87. The van der Waals surface area contributed by atoms with Gasteiger partial charge in [0, 0.05) is 12.4 Å². The molecule has 0 fully saturated rings. The van der Waals surface area contributed by atoms with Gasteiger partial charge in [0.15, 0.2) is 0 Å². The summed E-state index contributed by atoms with van der Waals surface area (Å²) in [5.41, 5.74) is 2.94. The maximum Gasteiger partial charge on any atom is 0.356 e. The second-order valence-corrected chi connectivity index (χ2v) is 4.27. The Hall–Kier alpha value is -2.74. The number of hydrogen-bond donors (Lipinski definition) is 0. The first-order valence-corrected chi connectivity index (χ1v) is 6.49. The molecule has 0 aromatic carbocycles. The first kappa shape index (κ1) is 16.3. The number of carbonyl (C=O) groups is 1.